The molecule has 16 heavy (non-hydrogen) atoms. The summed E-state index contributed by atoms with van der Waals surface area (Å²) < 4.78 is 0. The van der Waals surface area contributed by atoms with Crippen molar-refractivity contribution in [2.75, 3.05) is 6.26 Å². The molecule has 0 aliphatic heterocycles. The van der Waals surface area contributed by atoms with Crippen molar-refractivity contribution in [1.29, 1.82) is 0 Å². The van der Waals surface area contributed by atoms with Crippen LogP contribution < -0.4 is 0 Å². The van der Waals surface area contributed by atoms with E-state index in [0.29, 0.717) is 10.0 Å². The van der Waals surface area contributed by atoms with Crippen LogP contribution in [0.25, 0.3) is 11.1 Å². The highest BCUT2D eigenvalue weighted by atomic mass is 35.5. The molecule has 2 aromatic carbocycles. The molecule has 0 amide bonds. The highest BCUT2D eigenvalue weighted by Crippen LogP contribution is 2.33. The molecule has 0 saturated heterocycles. The largest absolute Gasteiger partial charge is 0.130 e. The second-order valence-electron chi connectivity index (χ2n) is 3.33. The summed E-state index contributed by atoms with van der Waals surface area (Å²) in [5.41, 5.74) is 2.06. The van der Waals surface area contributed by atoms with Gasteiger partial charge in [0.05, 0.1) is 10.0 Å². The number of thioether (sulfide) groups is 1. The summed E-state index contributed by atoms with van der Waals surface area (Å²) in [6.45, 7) is 0. The van der Waals surface area contributed by atoms with Crippen molar-refractivity contribution in [3.05, 3.63) is 52.5 Å². The van der Waals surface area contributed by atoms with E-state index in [-0.39, 0.29) is 0 Å². The lowest BCUT2D eigenvalue weighted by Gasteiger charge is -2.06. The predicted octanol–water partition coefficient (Wildman–Crippen LogP) is 5.38. The topological polar surface area (TPSA) is 0 Å². The van der Waals surface area contributed by atoms with Crippen LogP contribution in [0.15, 0.2) is 47.4 Å². The summed E-state index contributed by atoms with van der Waals surface area (Å²) in [4.78, 5) is 1.24. The Hall–Kier alpha value is -0.630. The Balaban J connectivity index is 2.46. The first-order valence-corrected chi connectivity index (χ1v) is 6.79. The predicted molar refractivity (Wildman–Crippen MR) is 73.7 cm³/mol. The lowest BCUT2D eigenvalue weighted by Crippen LogP contribution is -1.80. The van der Waals surface area contributed by atoms with E-state index in [0.717, 1.165) is 11.1 Å². The second-order valence-corrected chi connectivity index (χ2v) is 4.99. The molecule has 0 nitrogen and oxygen atoms in total. The Bertz CT molecular complexity index is 492. The van der Waals surface area contributed by atoms with Gasteiger partial charge < -0.3 is 0 Å². The monoisotopic (exact) mass is 268 g/mol. The molecular formula is C13H10Cl2S. The van der Waals surface area contributed by atoms with Gasteiger partial charge in [0.25, 0.3) is 0 Å². The Morgan fingerprint density at radius 3 is 2.25 bits per heavy atom. The van der Waals surface area contributed by atoms with Gasteiger partial charge in [-0.2, -0.15) is 0 Å². The van der Waals surface area contributed by atoms with Crippen LogP contribution in [0, 0.1) is 0 Å². The Morgan fingerprint density at radius 1 is 0.938 bits per heavy atom. The van der Waals surface area contributed by atoms with Gasteiger partial charge in [0.1, 0.15) is 0 Å². The van der Waals surface area contributed by atoms with Gasteiger partial charge >= 0.3 is 0 Å². The average Bonchev–Trinajstić information content (AvgIpc) is 2.33. The molecule has 0 saturated carbocycles. The van der Waals surface area contributed by atoms with Crippen molar-refractivity contribution in [2.45, 2.75) is 4.90 Å². The minimum Gasteiger partial charge on any atom is -0.130 e. The third-order valence-electron chi connectivity index (χ3n) is 2.35. The van der Waals surface area contributed by atoms with Crippen LogP contribution in [0.1, 0.15) is 0 Å². The fourth-order valence-electron chi connectivity index (χ4n) is 1.50. The van der Waals surface area contributed by atoms with Crippen LogP contribution in [-0.4, -0.2) is 6.26 Å². The maximum absolute atomic E-state index is 6.16. The lowest BCUT2D eigenvalue weighted by molar-refractivity contribution is 1.46. The Morgan fingerprint density at radius 2 is 1.62 bits per heavy atom. The SMILES string of the molecule is CSc1ccc(-c2cccc(Cl)c2Cl)cc1. The average molecular weight is 269 g/mol. The highest BCUT2D eigenvalue weighted by molar-refractivity contribution is 7.98. The van der Waals surface area contributed by atoms with Crippen molar-refractivity contribution in [3.8, 4) is 11.1 Å². The number of hydrogen-bond donors (Lipinski definition) is 0. The van der Waals surface area contributed by atoms with Crippen molar-refractivity contribution in [1.82, 2.24) is 0 Å². The molecule has 0 heterocycles. The van der Waals surface area contributed by atoms with Crippen LogP contribution in [-0.2, 0) is 0 Å². The summed E-state index contributed by atoms with van der Waals surface area (Å²) in [6, 6.07) is 14.0. The summed E-state index contributed by atoms with van der Waals surface area (Å²) in [5.74, 6) is 0. The number of benzene rings is 2. The molecule has 0 bridgehead atoms. The molecule has 82 valence electrons. The molecule has 2 aromatic rings. The van der Waals surface area contributed by atoms with Gasteiger partial charge in [-0.3, -0.25) is 0 Å². The smallest absolute Gasteiger partial charge is 0.0670 e. The van der Waals surface area contributed by atoms with Crippen LogP contribution in [0.4, 0.5) is 0 Å². The first kappa shape index (κ1) is 11.8. The van der Waals surface area contributed by atoms with Gasteiger partial charge in [0, 0.05) is 10.5 Å². The van der Waals surface area contributed by atoms with Crippen LogP contribution in [0.3, 0.4) is 0 Å². The van der Waals surface area contributed by atoms with Gasteiger partial charge in [-0.25, -0.2) is 0 Å². The van der Waals surface area contributed by atoms with Gasteiger partial charge in [0.15, 0.2) is 0 Å². The maximum Gasteiger partial charge on any atom is 0.0670 e. The molecule has 0 aliphatic rings. The first-order valence-electron chi connectivity index (χ1n) is 4.81. The van der Waals surface area contributed by atoms with E-state index in [1.165, 1.54) is 4.90 Å². The van der Waals surface area contributed by atoms with Gasteiger partial charge in [-0.05, 0) is 30.0 Å². The lowest BCUT2D eigenvalue weighted by atomic mass is 10.1. The summed E-state index contributed by atoms with van der Waals surface area (Å²) in [7, 11) is 0. The molecule has 0 spiro atoms. The standard InChI is InChI=1S/C13H10Cl2S/c1-16-10-7-5-9(6-8-10)11-3-2-4-12(14)13(11)15/h2-8H,1H3. The third-order valence-corrected chi connectivity index (χ3v) is 3.92. The van der Waals surface area contributed by atoms with Crippen LogP contribution in [0.2, 0.25) is 10.0 Å². The van der Waals surface area contributed by atoms with E-state index >= 15 is 0 Å². The zero-order valence-electron chi connectivity index (χ0n) is 8.71. The fraction of sp³-hybridized carbons (Fsp3) is 0.0769. The van der Waals surface area contributed by atoms with Gasteiger partial charge in [0.2, 0.25) is 0 Å². The highest BCUT2D eigenvalue weighted by Gasteiger charge is 2.06. The first-order chi connectivity index (χ1) is 7.72. The normalized spacial score (nSPS) is 10.4. The maximum atomic E-state index is 6.16. The molecular weight excluding hydrogens is 259 g/mol. The summed E-state index contributed by atoms with van der Waals surface area (Å²) in [6.07, 6.45) is 2.06. The second kappa shape index (κ2) is 5.13. The zero-order chi connectivity index (χ0) is 11.5. The number of rotatable bonds is 2. The molecule has 3 heteroatoms. The minimum atomic E-state index is 0.591. The third kappa shape index (κ3) is 2.37. The molecule has 0 atom stereocenters. The Kier molecular flexibility index (Phi) is 3.80. The summed E-state index contributed by atoms with van der Waals surface area (Å²) in [5, 5.41) is 1.20. The molecule has 0 fully saturated rings. The van der Waals surface area contributed by atoms with Crippen LogP contribution >= 0.6 is 35.0 Å². The van der Waals surface area contributed by atoms with Gasteiger partial charge in [-0.15, -0.1) is 11.8 Å². The quantitative estimate of drug-likeness (QED) is 0.659. The Labute approximate surface area is 110 Å². The number of halogens is 2. The molecule has 0 aliphatic carbocycles. The minimum absolute atomic E-state index is 0.591. The summed E-state index contributed by atoms with van der Waals surface area (Å²) >= 11 is 13.9. The molecule has 0 aromatic heterocycles. The fourth-order valence-corrected chi connectivity index (χ4v) is 2.32. The molecule has 0 unspecified atom stereocenters. The van der Waals surface area contributed by atoms with E-state index in [2.05, 4.69) is 30.5 Å². The molecule has 0 N–H and O–H groups in total. The van der Waals surface area contributed by atoms with Crippen molar-refractivity contribution in [2.24, 2.45) is 0 Å². The van der Waals surface area contributed by atoms with Crippen molar-refractivity contribution in [3.63, 3.8) is 0 Å². The van der Waals surface area contributed by atoms with Crippen LogP contribution in [0.5, 0.6) is 0 Å². The van der Waals surface area contributed by atoms with Gasteiger partial charge in [-0.1, -0.05) is 47.5 Å². The number of hydrogen-bond acceptors (Lipinski definition) is 1. The van der Waals surface area contributed by atoms with E-state index in [1.807, 2.05) is 12.1 Å². The molecule has 0 radical (unpaired) electrons. The van der Waals surface area contributed by atoms with E-state index in [1.54, 1.807) is 17.8 Å². The zero-order valence-corrected chi connectivity index (χ0v) is 11.0. The van der Waals surface area contributed by atoms with Crippen molar-refractivity contribution >= 4 is 35.0 Å². The van der Waals surface area contributed by atoms with E-state index in [4.69, 9.17) is 23.2 Å². The van der Waals surface area contributed by atoms with E-state index in [9.17, 15) is 0 Å². The molecule has 2 rings (SSSR count). The van der Waals surface area contributed by atoms with Crippen molar-refractivity contribution < 1.29 is 0 Å². The van der Waals surface area contributed by atoms with E-state index < -0.39 is 0 Å².